The monoisotopic (exact) mass is 690 g/mol. The zero-order valence-corrected chi connectivity index (χ0v) is 29.5. The second-order valence-corrected chi connectivity index (χ2v) is 14.0. The Bertz CT molecular complexity index is 1440. The average molecular weight is 691 g/mol. The first-order chi connectivity index (χ1) is 22.2. The quantitative estimate of drug-likeness (QED) is 0.0701. The molecule has 2 amide bonds. The van der Waals surface area contributed by atoms with Crippen LogP contribution in [0.3, 0.4) is 0 Å². The lowest BCUT2D eigenvalue weighted by Crippen LogP contribution is -2.38. The second-order valence-electron chi connectivity index (χ2n) is 10.8. The molecule has 0 radical (unpaired) electrons. The fourth-order valence-electron chi connectivity index (χ4n) is 5.27. The summed E-state index contributed by atoms with van der Waals surface area (Å²) >= 11 is 9.47. The maximum atomic E-state index is 12.7. The molecule has 1 heterocycles. The summed E-state index contributed by atoms with van der Waals surface area (Å²) in [5, 5.41) is 14.8. The number of hydrogen-bond acceptors (Lipinski definition) is 9. The molecule has 3 aromatic rings. The van der Waals surface area contributed by atoms with Gasteiger partial charge in [-0.25, -0.2) is 9.86 Å². The molecular weight excluding hydrogens is 648 g/mol. The summed E-state index contributed by atoms with van der Waals surface area (Å²) in [6.45, 7) is 4.37. The van der Waals surface area contributed by atoms with Crippen molar-refractivity contribution in [2.45, 2.75) is 66.9 Å². The second kappa shape index (κ2) is 17.2. The molecular formula is C34H43ClN2O7S2. The van der Waals surface area contributed by atoms with Gasteiger partial charge in [0.15, 0.2) is 23.0 Å². The van der Waals surface area contributed by atoms with E-state index in [0.29, 0.717) is 40.2 Å². The van der Waals surface area contributed by atoms with Crippen molar-refractivity contribution < 1.29 is 33.7 Å². The fourth-order valence-corrected chi connectivity index (χ4v) is 7.74. The minimum Gasteiger partial charge on any atom is -0.493 e. The zero-order valence-electron chi connectivity index (χ0n) is 27.1. The predicted octanol–water partition coefficient (Wildman–Crippen LogP) is 8.90. The highest BCUT2D eigenvalue weighted by Crippen LogP contribution is 2.55. The standard InChI is InChI=1S/C34H43ClN2O7S2/c1-7-8-15-37(39)34(38)36-20-24-16-22(17-27(40-3)32(24)44-21(2)45-26-11-9-25(35)10-12-26)30-13-14-31(46-30)23-18-28(41-4)33(43-6)29(19-23)42-5/h9-12,16-19,21,30-31,39H,7-8,13-15,20H2,1-6H3,(H,36,38). The molecule has 2 N–H and O–H groups in total. The van der Waals surface area contributed by atoms with Crippen molar-refractivity contribution in [1.82, 2.24) is 10.4 Å². The number of hydrogen-bond donors (Lipinski definition) is 2. The number of ether oxygens (including phenoxy) is 5. The van der Waals surface area contributed by atoms with Gasteiger partial charge in [0, 0.05) is 32.5 Å². The first-order valence-electron chi connectivity index (χ1n) is 15.2. The van der Waals surface area contributed by atoms with Crippen LogP contribution in [0.5, 0.6) is 28.7 Å². The van der Waals surface area contributed by atoms with Crippen LogP contribution in [0.1, 0.15) is 66.7 Å². The number of unbranched alkanes of at least 4 members (excludes halogenated alkanes) is 1. The summed E-state index contributed by atoms with van der Waals surface area (Å²) in [4.78, 5) is 13.7. The maximum Gasteiger partial charge on any atom is 0.341 e. The topological polar surface area (TPSA) is 98.7 Å². The Morgan fingerprint density at radius 2 is 1.52 bits per heavy atom. The Morgan fingerprint density at radius 1 is 0.957 bits per heavy atom. The summed E-state index contributed by atoms with van der Waals surface area (Å²) in [6, 6.07) is 15.1. The van der Waals surface area contributed by atoms with E-state index in [1.54, 1.807) is 40.2 Å². The van der Waals surface area contributed by atoms with Crippen molar-refractivity contribution in [2.24, 2.45) is 0 Å². The Labute approximate surface area is 285 Å². The molecule has 0 aromatic heterocycles. The third-order valence-corrected chi connectivity index (χ3v) is 10.5. The average Bonchev–Trinajstić information content (AvgIpc) is 3.57. The number of carbonyl (C=O) groups excluding carboxylic acids is 1. The first-order valence-corrected chi connectivity index (χ1v) is 17.4. The molecule has 0 saturated carbocycles. The molecule has 3 unspecified atom stereocenters. The number of halogens is 1. The van der Waals surface area contributed by atoms with Crippen molar-refractivity contribution >= 4 is 41.2 Å². The van der Waals surface area contributed by atoms with Crippen molar-refractivity contribution in [3.63, 3.8) is 0 Å². The van der Waals surface area contributed by atoms with Crippen LogP contribution < -0.4 is 29.0 Å². The molecule has 0 bridgehead atoms. The lowest BCUT2D eigenvalue weighted by Gasteiger charge is -2.23. The van der Waals surface area contributed by atoms with E-state index in [0.717, 1.165) is 45.9 Å². The van der Waals surface area contributed by atoms with Crippen LogP contribution in [0, 0.1) is 0 Å². The Hall–Kier alpha value is -3.12. The smallest absolute Gasteiger partial charge is 0.341 e. The van der Waals surface area contributed by atoms with Crippen LogP contribution in [0.25, 0.3) is 0 Å². The highest BCUT2D eigenvalue weighted by Gasteiger charge is 2.31. The first kappa shape index (κ1) is 35.7. The van der Waals surface area contributed by atoms with Crippen LogP contribution in [-0.2, 0) is 6.54 Å². The van der Waals surface area contributed by atoms with E-state index >= 15 is 0 Å². The summed E-state index contributed by atoms with van der Waals surface area (Å²) in [5.74, 6) is 2.95. The normalized spacial score (nSPS) is 16.4. The van der Waals surface area contributed by atoms with Gasteiger partial charge in [-0.1, -0.05) is 36.7 Å². The van der Waals surface area contributed by atoms with Crippen LogP contribution >= 0.6 is 35.1 Å². The lowest BCUT2D eigenvalue weighted by molar-refractivity contribution is -0.0439. The molecule has 1 aliphatic rings. The predicted molar refractivity (Wildman–Crippen MR) is 184 cm³/mol. The molecule has 1 fully saturated rings. The number of methoxy groups -OCH3 is 4. The zero-order chi connectivity index (χ0) is 33.2. The van der Waals surface area contributed by atoms with Gasteiger partial charge in [0.25, 0.3) is 0 Å². The van der Waals surface area contributed by atoms with Crippen molar-refractivity contribution in [3.05, 3.63) is 70.2 Å². The van der Waals surface area contributed by atoms with E-state index in [-0.39, 0.29) is 29.0 Å². The molecule has 9 nitrogen and oxygen atoms in total. The van der Waals surface area contributed by atoms with Crippen molar-refractivity contribution in [2.75, 3.05) is 35.0 Å². The minimum absolute atomic E-state index is 0.146. The minimum atomic E-state index is -0.565. The van der Waals surface area contributed by atoms with Gasteiger partial charge in [0.1, 0.15) is 5.44 Å². The fraction of sp³-hybridized carbons (Fsp3) is 0.441. The largest absolute Gasteiger partial charge is 0.493 e. The number of nitrogens with one attached hydrogen (secondary N) is 1. The molecule has 3 aromatic carbocycles. The van der Waals surface area contributed by atoms with Gasteiger partial charge in [-0.05, 0) is 85.8 Å². The molecule has 4 rings (SSSR count). The van der Waals surface area contributed by atoms with E-state index in [2.05, 4.69) is 11.4 Å². The highest BCUT2D eigenvalue weighted by atomic mass is 35.5. The van der Waals surface area contributed by atoms with Gasteiger partial charge in [-0.2, -0.15) is 0 Å². The van der Waals surface area contributed by atoms with E-state index in [1.165, 1.54) is 0 Å². The molecule has 250 valence electrons. The third kappa shape index (κ3) is 9.02. The van der Waals surface area contributed by atoms with E-state index in [1.807, 2.05) is 68.1 Å². The highest BCUT2D eigenvalue weighted by molar-refractivity contribution is 8.00. The van der Waals surface area contributed by atoms with Crippen LogP contribution in [0.15, 0.2) is 53.4 Å². The van der Waals surface area contributed by atoms with Gasteiger partial charge in [0.05, 0.1) is 35.0 Å². The maximum absolute atomic E-state index is 12.7. The number of urea groups is 1. The molecule has 46 heavy (non-hydrogen) atoms. The van der Waals surface area contributed by atoms with E-state index in [4.69, 9.17) is 35.3 Å². The van der Waals surface area contributed by atoms with Gasteiger partial charge in [-0.15, -0.1) is 11.8 Å². The van der Waals surface area contributed by atoms with Crippen molar-refractivity contribution in [3.8, 4) is 28.7 Å². The lowest BCUT2D eigenvalue weighted by atomic mass is 10.0. The van der Waals surface area contributed by atoms with E-state index < -0.39 is 6.03 Å². The number of hydroxylamine groups is 2. The number of benzene rings is 3. The number of rotatable bonds is 15. The number of thioether (sulfide) groups is 2. The summed E-state index contributed by atoms with van der Waals surface area (Å²) in [6.07, 6.45) is 3.45. The Morgan fingerprint density at radius 3 is 2.07 bits per heavy atom. The van der Waals surface area contributed by atoms with E-state index in [9.17, 15) is 10.0 Å². The molecule has 3 atom stereocenters. The summed E-state index contributed by atoms with van der Waals surface area (Å²) < 4.78 is 29.1. The van der Waals surface area contributed by atoms with Crippen LogP contribution in [0.2, 0.25) is 5.02 Å². The van der Waals surface area contributed by atoms with Gasteiger partial charge in [0.2, 0.25) is 5.75 Å². The molecule has 1 aliphatic heterocycles. The Kier molecular flexibility index (Phi) is 13.3. The Balaban J connectivity index is 1.61. The van der Waals surface area contributed by atoms with Gasteiger partial charge in [-0.3, -0.25) is 5.21 Å². The third-order valence-electron chi connectivity index (χ3n) is 7.61. The van der Waals surface area contributed by atoms with Gasteiger partial charge >= 0.3 is 6.03 Å². The summed E-state index contributed by atoms with van der Waals surface area (Å²) in [7, 11) is 6.46. The summed E-state index contributed by atoms with van der Waals surface area (Å²) in [5.41, 5.74) is 2.65. The van der Waals surface area contributed by atoms with Crippen LogP contribution in [-0.4, -0.2) is 56.7 Å². The number of nitrogens with zero attached hydrogens (tertiary/aromatic N) is 1. The van der Waals surface area contributed by atoms with Crippen LogP contribution in [0.4, 0.5) is 4.79 Å². The number of amides is 2. The van der Waals surface area contributed by atoms with Crippen molar-refractivity contribution in [1.29, 1.82) is 0 Å². The molecule has 0 aliphatic carbocycles. The molecule has 0 spiro atoms. The number of carbonyl (C=O) groups is 1. The molecule has 1 saturated heterocycles. The van der Waals surface area contributed by atoms with Gasteiger partial charge < -0.3 is 29.0 Å². The molecule has 12 heteroatoms. The SMILES string of the molecule is CCCCN(O)C(=O)NCc1cc(C2CCC(c3cc(OC)c(OC)c(OC)c3)S2)cc(OC)c1OC(C)Sc1ccc(Cl)cc1.